The predicted octanol–water partition coefficient (Wildman–Crippen LogP) is 6.50. The molecule has 2 heterocycles. The fourth-order valence-corrected chi connectivity index (χ4v) is 5.88. The zero-order chi connectivity index (χ0) is 27.0. The minimum atomic E-state index is -0.162. The molecule has 1 amide bonds. The maximum Gasteiger partial charge on any atom is 0.254 e. The maximum atomic E-state index is 13.2. The summed E-state index contributed by atoms with van der Waals surface area (Å²) in [6, 6.07) is 30.7. The van der Waals surface area contributed by atoms with Crippen LogP contribution in [0.25, 0.3) is 10.8 Å². The summed E-state index contributed by atoms with van der Waals surface area (Å²) in [5.41, 5.74) is 3.04. The van der Waals surface area contributed by atoms with Crippen LogP contribution in [0, 0.1) is 11.7 Å². The lowest BCUT2D eigenvalue weighted by atomic mass is 9.89. The summed E-state index contributed by atoms with van der Waals surface area (Å²) >= 11 is 0. The van der Waals surface area contributed by atoms with Crippen LogP contribution in [0.15, 0.2) is 97.1 Å². The smallest absolute Gasteiger partial charge is 0.254 e. The molecule has 2 fully saturated rings. The van der Waals surface area contributed by atoms with Gasteiger partial charge >= 0.3 is 0 Å². The van der Waals surface area contributed by atoms with E-state index < -0.39 is 0 Å². The molecule has 1 atom stereocenters. The van der Waals surface area contributed by atoms with Crippen LogP contribution in [0.4, 0.5) is 4.39 Å². The molecule has 0 unspecified atom stereocenters. The van der Waals surface area contributed by atoms with Gasteiger partial charge < -0.3 is 14.9 Å². The highest BCUT2D eigenvalue weighted by Crippen LogP contribution is 2.30. The van der Waals surface area contributed by atoms with Gasteiger partial charge in [0.2, 0.25) is 0 Å². The van der Waals surface area contributed by atoms with Crippen LogP contribution in [0.5, 0.6) is 0 Å². The molecule has 0 aliphatic carbocycles. The van der Waals surface area contributed by atoms with Crippen molar-refractivity contribution in [3.8, 4) is 0 Å². The van der Waals surface area contributed by atoms with E-state index in [4.69, 9.17) is 5.11 Å². The number of halogens is 1. The van der Waals surface area contributed by atoms with Gasteiger partial charge in [0, 0.05) is 25.2 Å². The monoisotopic (exact) mass is 524 g/mol. The van der Waals surface area contributed by atoms with E-state index in [0.29, 0.717) is 11.8 Å². The molecule has 202 valence electrons. The van der Waals surface area contributed by atoms with Crippen molar-refractivity contribution in [2.45, 2.75) is 31.8 Å². The molecule has 2 aliphatic heterocycles. The number of likely N-dealkylation sites (tertiary alicyclic amines) is 2. The fourth-order valence-electron chi connectivity index (χ4n) is 5.88. The molecule has 0 aromatic heterocycles. The van der Waals surface area contributed by atoms with E-state index in [9.17, 15) is 9.18 Å². The lowest BCUT2D eigenvalue weighted by Gasteiger charge is -2.33. The number of hydrogen-bond acceptors (Lipinski definition) is 3. The average molecular weight is 525 g/mol. The number of hydrogen-bond donors (Lipinski definition) is 1. The van der Waals surface area contributed by atoms with Crippen LogP contribution in [0.3, 0.4) is 0 Å². The number of amides is 1. The highest BCUT2D eigenvalue weighted by atomic mass is 19.1. The van der Waals surface area contributed by atoms with Gasteiger partial charge in [0.15, 0.2) is 0 Å². The van der Waals surface area contributed by atoms with Crippen LogP contribution in [0.1, 0.15) is 46.7 Å². The van der Waals surface area contributed by atoms with Crippen molar-refractivity contribution in [2.75, 3.05) is 32.7 Å². The molecule has 4 aromatic carbocycles. The van der Waals surface area contributed by atoms with Crippen LogP contribution in [-0.2, 0) is 6.61 Å². The molecule has 0 spiro atoms. The van der Waals surface area contributed by atoms with Gasteiger partial charge in [-0.05, 0) is 84.3 Å². The Bertz CT molecular complexity index is 1350. The summed E-state index contributed by atoms with van der Waals surface area (Å²) < 4.78 is 13.2. The van der Waals surface area contributed by atoms with Crippen molar-refractivity contribution in [3.05, 3.63) is 120 Å². The minimum absolute atomic E-state index is 0.140. The molecule has 0 saturated carbocycles. The molecule has 6 rings (SSSR count). The molecule has 1 N–H and O–H groups in total. The number of carbonyl (C=O) groups is 1. The van der Waals surface area contributed by atoms with E-state index >= 15 is 0 Å². The van der Waals surface area contributed by atoms with Crippen molar-refractivity contribution in [1.29, 1.82) is 0 Å². The zero-order valence-electron chi connectivity index (χ0n) is 22.4. The van der Waals surface area contributed by atoms with Gasteiger partial charge in [0.05, 0.1) is 6.61 Å². The van der Waals surface area contributed by atoms with Crippen molar-refractivity contribution in [2.24, 2.45) is 5.92 Å². The first-order chi connectivity index (χ1) is 19.1. The molecular formula is C34H37FN2O2. The summed E-state index contributed by atoms with van der Waals surface area (Å²) in [6.45, 7) is 5.06. The van der Waals surface area contributed by atoms with Gasteiger partial charge in [-0.1, -0.05) is 78.9 Å². The van der Waals surface area contributed by atoms with Gasteiger partial charge in [-0.25, -0.2) is 4.39 Å². The van der Waals surface area contributed by atoms with Crippen LogP contribution < -0.4 is 0 Å². The van der Waals surface area contributed by atoms with Gasteiger partial charge in [0.25, 0.3) is 5.91 Å². The third-order valence-corrected chi connectivity index (χ3v) is 8.06. The molecule has 39 heavy (non-hydrogen) atoms. The molecular weight excluding hydrogens is 487 g/mol. The van der Waals surface area contributed by atoms with Crippen LogP contribution in [0.2, 0.25) is 0 Å². The van der Waals surface area contributed by atoms with E-state index in [1.165, 1.54) is 5.56 Å². The second-order valence-corrected chi connectivity index (χ2v) is 10.7. The van der Waals surface area contributed by atoms with Crippen molar-refractivity contribution >= 4 is 16.7 Å². The lowest BCUT2D eigenvalue weighted by Crippen LogP contribution is -2.37. The molecule has 4 nitrogen and oxygen atoms in total. The Morgan fingerprint density at radius 2 is 1.49 bits per heavy atom. The largest absolute Gasteiger partial charge is 0.392 e. The first-order valence-corrected chi connectivity index (χ1v) is 14.0. The van der Waals surface area contributed by atoms with Gasteiger partial charge in [-0.15, -0.1) is 0 Å². The molecule has 0 radical (unpaired) electrons. The normalized spacial score (nSPS) is 18.1. The third-order valence-electron chi connectivity index (χ3n) is 8.06. The number of aliphatic hydroxyl groups is 1. The van der Waals surface area contributed by atoms with E-state index in [0.717, 1.165) is 73.9 Å². The Labute approximate surface area is 230 Å². The van der Waals surface area contributed by atoms with E-state index in [1.807, 2.05) is 77.7 Å². The van der Waals surface area contributed by atoms with Crippen LogP contribution in [-0.4, -0.2) is 53.5 Å². The average Bonchev–Trinajstić information content (AvgIpc) is 3.46. The van der Waals surface area contributed by atoms with Crippen molar-refractivity contribution in [1.82, 2.24) is 9.80 Å². The number of fused-ring (bicyclic) bond motifs is 1. The number of piperidine rings is 1. The Hall–Kier alpha value is -3.54. The molecule has 2 aliphatic rings. The summed E-state index contributed by atoms with van der Waals surface area (Å²) in [4.78, 5) is 17.8. The second-order valence-electron chi connectivity index (χ2n) is 10.7. The topological polar surface area (TPSA) is 43.8 Å². The Kier molecular flexibility index (Phi) is 9.02. The van der Waals surface area contributed by atoms with E-state index in [2.05, 4.69) is 17.0 Å². The Morgan fingerprint density at radius 1 is 0.795 bits per heavy atom. The molecule has 5 heteroatoms. The highest BCUT2D eigenvalue weighted by molar-refractivity contribution is 6.07. The first kappa shape index (κ1) is 27.0. The highest BCUT2D eigenvalue weighted by Gasteiger charge is 2.30. The number of carbonyl (C=O) groups excluding carboxylic acids is 1. The van der Waals surface area contributed by atoms with Gasteiger partial charge in [-0.3, -0.25) is 4.79 Å². The SMILES string of the molecule is O=C(c1cccc2ccccc12)N1CC[C@H](CN2CCC(c3ccc(F)cc3)CC2)C1.OCc1ccccc1. The van der Waals surface area contributed by atoms with Crippen molar-refractivity contribution < 1.29 is 14.3 Å². The summed E-state index contributed by atoms with van der Waals surface area (Å²) in [5.74, 6) is 1.07. The maximum absolute atomic E-state index is 13.2. The standard InChI is InChI=1S/C27H29FN2O.C7H8O/c28-24-10-8-21(9-11-24)22-13-15-29(16-14-22)18-20-12-17-30(19-20)27(31)26-7-3-5-23-4-1-2-6-25(23)26;8-6-7-4-2-1-3-5-7/h1-11,20,22H,12-19H2;1-5,8H,6H2/t20-;/m1./s1. The molecule has 2 saturated heterocycles. The summed E-state index contributed by atoms with van der Waals surface area (Å²) in [6.07, 6.45) is 3.32. The van der Waals surface area contributed by atoms with Gasteiger partial charge in [0.1, 0.15) is 5.82 Å². The molecule has 0 bridgehead atoms. The number of aliphatic hydroxyl groups excluding tert-OH is 1. The number of rotatable bonds is 5. The number of nitrogens with zero attached hydrogens (tertiary/aromatic N) is 2. The third kappa shape index (κ3) is 6.92. The van der Waals surface area contributed by atoms with Crippen molar-refractivity contribution in [3.63, 3.8) is 0 Å². The first-order valence-electron chi connectivity index (χ1n) is 14.0. The summed E-state index contributed by atoms with van der Waals surface area (Å²) in [7, 11) is 0. The van der Waals surface area contributed by atoms with Gasteiger partial charge in [-0.2, -0.15) is 0 Å². The predicted molar refractivity (Wildman–Crippen MR) is 155 cm³/mol. The number of benzene rings is 4. The lowest BCUT2D eigenvalue weighted by molar-refractivity contribution is 0.0784. The minimum Gasteiger partial charge on any atom is -0.392 e. The quantitative estimate of drug-likeness (QED) is 0.324. The Morgan fingerprint density at radius 3 is 2.21 bits per heavy atom. The molecule has 4 aromatic rings. The fraction of sp³-hybridized carbons (Fsp3) is 0.324. The van der Waals surface area contributed by atoms with E-state index in [-0.39, 0.29) is 18.3 Å². The summed E-state index contributed by atoms with van der Waals surface area (Å²) in [5, 5.41) is 10.7. The second kappa shape index (κ2) is 13.0. The Balaban J connectivity index is 0.000000332. The van der Waals surface area contributed by atoms with E-state index in [1.54, 1.807) is 12.1 Å². The van der Waals surface area contributed by atoms with Crippen LogP contribution >= 0.6 is 0 Å². The zero-order valence-corrected chi connectivity index (χ0v) is 22.4.